The molecule has 1 heterocycles. The van der Waals surface area contributed by atoms with Gasteiger partial charge < -0.3 is 15.5 Å². The molecule has 0 aliphatic rings. The summed E-state index contributed by atoms with van der Waals surface area (Å²) in [5.74, 6) is 0.449. The second-order valence-electron chi connectivity index (χ2n) is 5.89. The summed E-state index contributed by atoms with van der Waals surface area (Å²) in [4.78, 5) is 14.7. The van der Waals surface area contributed by atoms with Crippen molar-refractivity contribution >= 4 is 22.8 Å². The van der Waals surface area contributed by atoms with Gasteiger partial charge in [-0.3, -0.25) is 10.1 Å². The molecular weight excluding hydrogens is 272 g/mol. The van der Waals surface area contributed by atoms with E-state index < -0.39 is 4.92 Å². The number of nitro groups is 1. The predicted molar refractivity (Wildman–Crippen MR) is 81.2 cm³/mol. The van der Waals surface area contributed by atoms with E-state index in [1.807, 2.05) is 6.92 Å². The van der Waals surface area contributed by atoms with Gasteiger partial charge in [0, 0.05) is 12.6 Å². The van der Waals surface area contributed by atoms with Gasteiger partial charge in [-0.25, -0.2) is 0 Å². The zero-order valence-electron chi connectivity index (χ0n) is 12.4. The molecule has 0 saturated heterocycles. The minimum Gasteiger partial charge on any atom is -0.423 e. The molecule has 0 fully saturated rings. The fraction of sp³-hybridized carbons (Fsp3) is 0.500. The highest BCUT2D eigenvalue weighted by molar-refractivity contribution is 5.84. The number of nitrogens with two attached hydrogens (primary N) is 1. The maximum absolute atomic E-state index is 11.0. The van der Waals surface area contributed by atoms with Crippen LogP contribution in [0.2, 0.25) is 0 Å². The largest absolute Gasteiger partial charge is 0.423 e. The predicted octanol–water partition coefficient (Wildman–Crippen LogP) is 2.91. The van der Waals surface area contributed by atoms with E-state index in [0.717, 1.165) is 6.42 Å². The van der Waals surface area contributed by atoms with Crippen molar-refractivity contribution in [2.24, 2.45) is 11.7 Å². The third-order valence-corrected chi connectivity index (χ3v) is 3.31. The Kier molecular flexibility index (Phi) is 4.13. The fourth-order valence-corrected chi connectivity index (χ4v) is 2.48. The van der Waals surface area contributed by atoms with Crippen LogP contribution in [0.5, 0.6) is 0 Å². The maximum atomic E-state index is 11.0. The Morgan fingerprint density at radius 3 is 2.81 bits per heavy atom. The van der Waals surface area contributed by atoms with E-state index in [1.165, 1.54) is 6.07 Å². The Labute approximate surface area is 122 Å². The highest BCUT2D eigenvalue weighted by atomic mass is 16.6. The SMILES string of the molecule is CC(C)CC(C)(CN)Nc1nc2c([N+](=O)[O-])cccc2o1. The molecule has 1 unspecified atom stereocenters. The standard InChI is InChI=1S/C14H20N4O3/c1-9(2)7-14(3,8-15)17-13-16-12-10(18(19)20)5-4-6-11(12)21-13/h4-6,9H,7-8,15H2,1-3H3,(H,16,17). The van der Waals surface area contributed by atoms with Gasteiger partial charge in [0.2, 0.25) is 0 Å². The molecule has 114 valence electrons. The van der Waals surface area contributed by atoms with Gasteiger partial charge in [-0.1, -0.05) is 19.9 Å². The number of aromatic nitrogens is 1. The molecule has 2 rings (SSSR count). The molecule has 0 amide bonds. The number of hydrogen-bond acceptors (Lipinski definition) is 6. The molecule has 1 aromatic carbocycles. The molecule has 0 bridgehead atoms. The van der Waals surface area contributed by atoms with Crippen LogP contribution in [0.15, 0.2) is 22.6 Å². The molecule has 0 spiro atoms. The van der Waals surface area contributed by atoms with E-state index >= 15 is 0 Å². The van der Waals surface area contributed by atoms with Gasteiger partial charge in [-0.2, -0.15) is 4.98 Å². The molecule has 1 atom stereocenters. The first-order valence-corrected chi connectivity index (χ1v) is 6.87. The number of hydrogen-bond donors (Lipinski definition) is 2. The first-order chi connectivity index (χ1) is 9.84. The molecule has 7 nitrogen and oxygen atoms in total. The average Bonchev–Trinajstić information content (AvgIpc) is 2.78. The van der Waals surface area contributed by atoms with Crippen LogP contribution in [0.1, 0.15) is 27.2 Å². The summed E-state index contributed by atoms with van der Waals surface area (Å²) >= 11 is 0. The van der Waals surface area contributed by atoms with Crippen LogP contribution in [-0.4, -0.2) is 22.0 Å². The van der Waals surface area contributed by atoms with Crippen LogP contribution in [0.25, 0.3) is 11.1 Å². The molecule has 0 aliphatic heterocycles. The zero-order valence-corrected chi connectivity index (χ0v) is 12.4. The molecule has 0 saturated carbocycles. The highest BCUT2D eigenvalue weighted by Gasteiger charge is 2.26. The lowest BCUT2D eigenvalue weighted by molar-refractivity contribution is -0.383. The minimum absolute atomic E-state index is 0.0670. The van der Waals surface area contributed by atoms with Crippen LogP contribution in [0.3, 0.4) is 0 Å². The van der Waals surface area contributed by atoms with E-state index in [1.54, 1.807) is 12.1 Å². The van der Waals surface area contributed by atoms with Gasteiger partial charge >= 0.3 is 0 Å². The molecule has 1 aromatic heterocycles. The van der Waals surface area contributed by atoms with E-state index in [4.69, 9.17) is 10.2 Å². The smallest absolute Gasteiger partial charge is 0.298 e. The number of fused-ring (bicyclic) bond motifs is 1. The Morgan fingerprint density at radius 1 is 1.52 bits per heavy atom. The van der Waals surface area contributed by atoms with Crippen molar-refractivity contribution in [2.45, 2.75) is 32.7 Å². The Hall–Kier alpha value is -2.15. The monoisotopic (exact) mass is 292 g/mol. The normalized spacial score (nSPS) is 14.3. The summed E-state index contributed by atoms with van der Waals surface area (Å²) in [6.45, 7) is 6.60. The lowest BCUT2D eigenvalue weighted by Crippen LogP contribution is -2.43. The summed E-state index contributed by atoms with van der Waals surface area (Å²) in [5, 5.41) is 14.2. The van der Waals surface area contributed by atoms with Gasteiger partial charge in [0.15, 0.2) is 11.1 Å². The molecule has 0 radical (unpaired) electrons. The number of nitro benzene ring substituents is 1. The number of non-ortho nitro benzene ring substituents is 1. The van der Waals surface area contributed by atoms with Crippen LogP contribution >= 0.6 is 0 Å². The molecular formula is C14H20N4O3. The highest BCUT2D eigenvalue weighted by Crippen LogP contribution is 2.29. The number of oxazole rings is 1. The molecule has 3 N–H and O–H groups in total. The summed E-state index contributed by atoms with van der Waals surface area (Å²) in [6.07, 6.45) is 0.838. The van der Waals surface area contributed by atoms with Crippen LogP contribution in [0, 0.1) is 16.0 Å². The van der Waals surface area contributed by atoms with Crippen LogP contribution < -0.4 is 11.1 Å². The minimum atomic E-state index is -0.467. The van der Waals surface area contributed by atoms with Gasteiger partial charge in [0.25, 0.3) is 11.7 Å². The number of benzene rings is 1. The fourth-order valence-electron chi connectivity index (χ4n) is 2.48. The van der Waals surface area contributed by atoms with E-state index in [-0.39, 0.29) is 22.8 Å². The lowest BCUT2D eigenvalue weighted by Gasteiger charge is -2.30. The molecule has 0 aliphatic carbocycles. The van der Waals surface area contributed by atoms with Crippen molar-refractivity contribution in [2.75, 3.05) is 11.9 Å². The molecule has 2 aromatic rings. The van der Waals surface area contributed by atoms with Gasteiger partial charge in [-0.15, -0.1) is 0 Å². The van der Waals surface area contributed by atoms with Crippen molar-refractivity contribution in [3.63, 3.8) is 0 Å². The van der Waals surface area contributed by atoms with Crippen LogP contribution in [0.4, 0.5) is 11.7 Å². The number of nitrogens with one attached hydrogen (secondary N) is 1. The Balaban J connectivity index is 2.35. The maximum Gasteiger partial charge on any atom is 0.298 e. The second kappa shape index (κ2) is 5.69. The topological polar surface area (TPSA) is 107 Å². The second-order valence-corrected chi connectivity index (χ2v) is 5.89. The summed E-state index contributed by atoms with van der Waals surface area (Å²) in [7, 11) is 0. The summed E-state index contributed by atoms with van der Waals surface area (Å²) in [6, 6.07) is 4.90. The quantitative estimate of drug-likeness (QED) is 0.626. The van der Waals surface area contributed by atoms with Gasteiger partial charge in [0.05, 0.1) is 10.5 Å². The lowest BCUT2D eigenvalue weighted by atomic mass is 9.91. The zero-order chi connectivity index (χ0) is 15.6. The molecule has 7 heteroatoms. The van der Waals surface area contributed by atoms with Crippen LogP contribution in [-0.2, 0) is 0 Å². The van der Waals surface area contributed by atoms with E-state index in [2.05, 4.69) is 24.1 Å². The Morgan fingerprint density at radius 2 is 2.24 bits per heavy atom. The Bertz CT molecular complexity index is 653. The average molecular weight is 292 g/mol. The number of para-hydroxylation sites is 1. The van der Waals surface area contributed by atoms with Crippen molar-refractivity contribution in [1.82, 2.24) is 4.98 Å². The van der Waals surface area contributed by atoms with Crippen molar-refractivity contribution in [3.8, 4) is 0 Å². The third-order valence-electron chi connectivity index (χ3n) is 3.31. The number of anilines is 1. The number of rotatable bonds is 6. The van der Waals surface area contributed by atoms with Gasteiger partial charge in [-0.05, 0) is 25.3 Å². The third kappa shape index (κ3) is 3.30. The summed E-state index contributed by atoms with van der Waals surface area (Å²) < 4.78 is 5.56. The van der Waals surface area contributed by atoms with Crippen molar-refractivity contribution < 1.29 is 9.34 Å². The van der Waals surface area contributed by atoms with Gasteiger partial charge in [0.1, 0.15) is 0 Å². The van der Waals surface area contributed by atoms with Crippen molar-refractivity contribution in [1.29, 1.82) is 0 Å². The molecule has 21 heavy (non-hydrogen) atoms. The number of nitrogens with zero attached hydrogens (tertiary/aromatic N) is 2. The first-order valence-electron chi connectivity index (χ1n) is 6.87. The van der Waals surface area contributed by atoms with E-state index in [0.29, 0.717) is 18.0 Å². The summed E-state index contributed by atoms with van der Waals surface area (Å²) in [5.41, 5.74) is 6.03. The van der Waals surface area contributed by atoms with Crippen molar-refractivity contribution in [3.05, 3.63) is 28.3 Å². The van der Waals surface area contributed by atoms with E-state index in [9.17, 15) is 10.1 Å². The first kappa shape index (κ1) is 15.2.